The number of hydrogen-bond donors (Lipinski definition) is 2. The van der Waals surface area contributed by atoms with Crippen LogP contribution in [-0.4, -0.2) is 52.8 Å². The van der Waals surface area contributed by atoms with E-state index in [0.717, 1.165) is 12.8 Å². The van der Waals surface area contributed by atoms with Crippen LogP contribution in [0.5, 0.6) is 5.75 Å². The third-order valence-corrected chi connectivity index (χ3v) is 5.41. The summed E-state index contributed by atoms with van der Waals surface area (Å²) < 4.78 is 29.0. The van der Waals surface area contributed by atoms with Crippen LogP contribution in [0.3, 0.4) is 0 Å². The molecule has 3 heterocycles. The molecule has 1 aromatic carbocycles. The van der Waals surface area contributed by atoms with Crippen molar-refractivity contribution >= 4 is 29.2 Å². The van der Waals surface area contributed by atoms with E-state index >= 15 is 0 Å². The number of ether oxygens (including phenoxy) is 1. The molecule has 2 aliphatic rings. The summed E-state index contributed by atoms with van der Waals surface area (Å²) in [6.45, 7) is -2.89. The number of piperidine rings is 1. The van der Waals surface area contributed by atoms with E-state index in [1.54, 1.807) is 6.07 Å². The van der Waals surface area contributed by atoms with Crippen LogP contribution in [0.1, 0.15) is 36.2 Å². The molecule has 0 aliphatic carbocycles. The van der Waals surface area contributed by atoms with Gasteiger partial charge in [0.1, 0.15) is 5.75 Å². The lowest BCUT2D eigenvalue weighted by Crippen LogP contribution is -2.48. The van der Waals surface area contributed by atoms with Crippen LogP contribution >= 0.6 is 12.4 Å². The number of rotatable bonds is 4. The molecule has 0 radical (unpaired) electrons. The number of benzene rings is 1. The monoisotopic (exact) mass is 386 g/mol. The van der Waals surface area contributed by atoms with Gasteiger partial charge in [0.05, 0.1) is 5.52 Å². The van der Waals surface area contributed by atoms with Crippen molar-refractivity contribution in [3.63, 3.8) is 0 Å². The Morgan fingerprint density at radius 1 is 1.35 bits per heavy atom. The van der Waals surface area contributed by atoms with Crippen LogP contribution in [0.25, 0.3) is 10.9 Å². The fraction of sp³-hybridized carbons (Fsp3) is 0.529. The first-order chi connectivity index (χ1) is 12.0. The zero-order valence-electron chi connectivity index (χ0n) is 14.2. The maximum atomic E-state index is 12.6. The normalized spacial score (nSPS) is 25.3. The molecule has 142 valence electrons. The fourth-order valence-corrected chi connectivity index (χ4v) is 4.13. The summed E-state index contributed by atoms with van der Waals surface area (Å²) in [7, 11) is 2.15. The highest BCUT2D eigenvalue weighted by Crippen LogP contribution is 2.34. The minimum Gasteiger partial charge on any atom is -0.435 e. The van der Waals surface area contributed by atoms with Crippen LogP contribution in [0.15, 0.2) is 18.2 Å². The molecule has 2 saturated heterocycles. The summed E-state index contributed by atoms with van der Waals surface area (Å²) in [4.78, 5) is 15.0. The minimum absolute atomic E-state index is 0. The molecular weight excluding hydrogens is 366 g/mol. The summed E-state index contributed by atoms with van der Waals surface area (Å²) in [6.07, 6.45) is 4.28. The summed E-state index contributed by atoms with van der Waals surface area (Å²) >= 11 is 0. The molecule has 0 saturated carbocycles. The third kappa shape index (κ3) is 3.48. The molecule has 2 aromatic rings. The Hall–Kier alpha value is -1.93. The maximum absolute atomic E-state index is 12.6. The van der Waals surface area contributed by atoms with E-state index in [2.05, 4.69) is 32.2 Å². The second kappa shape index (κ2) is 7.36. The zero-order chi connectivity index (χ0) is 17.6. The minimum atomic E-state index is -2.89. The predicted octanol–water partition coefficient (Wildman–Crippen LogP) is 2.94. The van der Waals surface area contributed by atoms with E-state index < -0.39 is 6.61 Å². The highest BCUT2D eigenvalue weighted by Gasteiger charge is 2.39. The van der Waals surface area contributed by atoms with E-state index in [-0.39, 0.29) is 35.8 Å². The number of alkyl halides is 2. The molecule has 2 bridgehead atoms. The van der Waals surface area contributed by atoms with Gasteiger partial charge < -0.3 is 15.0 Å². The number of nitrogens with one attached hydrogen (secondary N) is 2. The Balaban J connectivity index is 0.00000196. The Labute approximate surface area is 155 Å². The van der Waals surface area contributed by atoms with Gasteiger partial charge in [-0.1, -0.05) is 0 Å². The molecule has 26 heavy (non-hydrogen) atoms. The first-order valence-electron chi connectivity index (χ1n) is 8.47. The van der Waals surface area contributed by atoms with Crippen molar-refractivity contribution in [3.05, 3.63) is 23.9 Å². The van der Waals surface area contributed by atoms with Crippen molar-refractivity contribution in [2.75, 3.05) is 7.05 Å². The topological polar surface area (TPSA) is 70.2 Å². The first kappa shape index (κ1) is 18.8. The number of hydrogen-bond acceptors (Lipinski definition) is 4. The fourth-order valence-electron chi connectivity index (χ4n) is 4.13. The van der Waals surface area contributed by atoms with E-state index in [1.165, 1.54) is 25.0 Å². The highest BCUT2D eigenvalue weighted by molar-refractivity contribution is 6.05. The van der Waals surface area contributed by atoms with Crippen LogP contribution in [-0.2, 0) is 0 Å². The highest BCUT2D eigenvalue weighted by atomic mass is 35.5. The van der Waals surface area contributed by atoms with E-state index in [0.29, 0.717) is 23.0 Å². The number of carbonyl (C=O) groups excluding carboxylic acids is 1. The van der Waals surface area contributed by atoms with Crippen molar-refractivity contribution in [1.29, 1.82) is 0 Å². The van der Waals surface area contributed by atoms with Gasteiger partial charge in [0.15, 0.2) is 5.69 Å². The van der Waals surface area contributed by atoms with Gasteiger partial charge in [-0.2, -0.15) is 13.9 Å². The third-order valence-electron chi connectivity index (χ3n) is 5.41. The van der Waals surface area contributed by atoms with E-state index in [4.69, 9.17) is 0 Å². The molecule has 1 aromatic heterocycles. The molecule has 2 fully saturated rings. The summed E-state index contributed by atoms with van der Waals surface area (Å²) in [5.74, 6) is -0.201. The first-order valence-corrected chi connectivity index (χ1v) is 8.47. The average molecular weight is 387 g/mol. The number of halogens is 3. The number of aromatic amines is 1. The molecule has 9 heteroatoms. The van der Waals surface area contributed by atoms with Crippen molar-refractivity contribution in [1.82, 2.24) is 20.4 Å². The number of fused-ring (bicyclic) bond motifs is 3. The van der Waals surface area contributed by atoms with Gasteiger partial charge in [-0.05, 0) is 44.9 Å². The zero-order valence-corrected chi connectivity index (χ0v) is 15.1. The molecule has 3 atom stereocenters. The van der Waals surface area contributed by atoms with Crippen LogP contribution in [0, 0.1) is 0 Å². The molecular formula is C17H21ClF2N4O2. The predicted molar refractivity (Wildman–Crippen MR) is 95.0 cm³/mol. The molecule has 0 unspecified atom stereocenters. The van der Waals surface area contributed by atoms with Crippen molar-refractivity contribution in [2.24, 2.45) is 0 Å². The number of amides is 1. The average Bonchev–Trinajstić information content (AvgIpc) is 3.04. The Morgan fingerprint density at radius 2 is 2.04 bits per heavy atom. The summed E-state index contributed by atoms with van der Waals surface area (Å²) in [5.41, 5.74) is 0.775. The van der Waals surface area contributed by atoms with E-state index in [9.17, 15) is 13.6 Å². The lowest BCUT2D eigenvalue weighted by atomic mass is 9.98. The van der Waals surface area contributed by atoms with Crippen LogP contribution < -0.4 is 10.1 Å². The second-order valence-corrected chi connectivity index (χ2v) is 6.85. The SMILES string of the molecule is CN1[C@@H]2CC[C@H]1C[C@H](NC(=O)c1n[nH]c3cc(OC(F)F)ccc13)C2.Cl. The van der Waals surface area contributed by atoms with Crippen molar-refractivity contribution in [3.8, 4) is 5.75 Å². The molecule has 0 spiro atoms. The molecule has 2 N–H and O–H groups in total. The largest absolute Gasteiger partial charge is 0.435 e. The maximum Gasteiger partial charge on any atom is 0.387 e. The lowest BCUT2D eigenvalue weighted by Gasteiger charge is -2.36. The van der Waals surface area contributed by atoms with E-state index in [1.807, 2.05) is 0 Å². The summed E-state index contributed by atoms with van der Waals surface area (Å²) in [5, 5.41) is 10.4. The van der Waals surface area contributed by atoms with Gasteiger partial charge in [-0.25, -0.2) is 0 Å². The van der Waals surface area contributed by atoms with Gasteiger partial charge in [-0.15, -0.1) is 12.4 Å². The number of aromatic nitrogens is 2. The van der Waals surface area contributed by atoms with Crippen molar-refractivity contribution in [2.45, 2.75) is 50.4 Å². The summed E-state index contributed by atoms with van der Waals surface area (Å²) in [6, 6.07) is 5.62. The Bertz CT molecular complexity index is 786. The standard InChI is InChI=1S/C17H20F2N4O2.ClH/c1-23-10-2-3-11(23)7-9(6-10)20-16(24)15-13-5-4-12(25-17(18)19)8-14(13)21-22-15;/h4-5,8-11,17H,2-3,6-7H2,1H3,(H,20,24)(H,21,22);1H/t9-,10-,11+;. The van der Waals surface area contributed by atoms with Gasteiger partial charge in [0.2, 0.25) is 0 Å². The Morgan fingerprint density at radius 3 is 2.69 bits per heavy atom. The number of nitrogens with zero attached hydrogens (tertiary/aromatic N) is 2. The quantitative estimate of drug-likeness (QED) is 0.847. The van der Waals surface area contributed by atoms with Gasteiger partial charge in [0, 0.05) is 29.6 Å². The number of carbonyl (C=O) groups is 1. The van der Waals surface area contributed by atoms with Crippen molar-refractivity contribution < 1.29 is 18.3 Å². The second-order valence-electron chi connectivity index (χ2n) is 6.85. The molecule has 4 rings (SSSR count). The van der Waals surface area contributed by atoms with Crippen LogP contribution in [0.2, 0.25) is 0 Å². The number of H-pyrrole nitrogens is 1. The molecule has 1 amide bonds. The van der Waals surface area contributed by atoms with Gasteiger partial charge in [0.25, 0.3) is 5.91 Å². The van der Waals surface area contributed by atoms with Gasteiger partial charge >= 0.3 is 6.61 Å². The Kier molecular flexibility index (Phi) is 5.34. The lowest BCUT2D eigenvalue weighted by molar-refractivity contribution is -0.0497. The smallest absolute Gasteiger partial charge is 0.387 e. The van der Waals surface area contributed by atoms with Gasteiger partial charge in [-0.3, -0.25) is 9.89 Å². The molecule has 2 aliphatic heterocycles. The van der Waals surface area contributed by atoms with Crippen LogP contribution in [0.4, 0.5) is 8.78 Å². The molecule has 6 nitrogen and oxygen atoms in total.